The van der Waals surface area contributed by atoms with Crippen LogP contribution < -0.4 is 5.32 Å². The fraction of sp³-hybridized carbons (Fsp3) is 0.588. The summed E-state index contributed by atoms with van der Waals surface area (Å²) in [5, 5.41) is 3.71. The average molecular weight is 307 g/mol. The Labute approximate surface area is 131 Å². The van der Waals surface area contributed by atoms with E-state index in [-0.39, 0.29) is 6.03 Å². The molecule has 2 aliphatic rings. The monoisotopic (exact) mass is 306 g/mol. The number of carbonyl (C=O) groups excluding carboxylic acids is 1. The molecule has 0 aromatic heterocycles. The number of fused-ring (bicyclic) bond motifs is 1. The van der Waals surface area contributed by atoms with Gasteiger partial charge >= 0.3 is 6.03 Å². The molecule has 1 N–H and O–H groups in total. The molecule has 1 aromatic rings. The van der Waals surface area contributed by atoms with E-state index >= 15 is 0 Å². The molecule has 1 saturated heterocycles. The van der Waals surface area contributed by atoms with E-state index in [9.17, 15) is 4.79 Å². The normalized spacial score (nSPS) is 25.3. The molecular formula is C17H23ClN2O. The fourth-order valence-electron chi connectivity index (χ4n) is 3.74. The van der Waals surface area contributed by atoms with Crippen molar-refractivity contribution in [2.75, 3.05) is 11.9 Å². The molecule has 4 heteroatoms. The summed E-state index contributed by atoms with van der Waals surface area (Å²) >= 11 is 6.13. The Bertz CT molecular complexity index is 530. The zero-order chi connectivity index (χ0) is 14.8. The molecule has 1 aliphatic heterocycles. The van der Waals surface area contributed by atoms with Gasteiger partial charge in [0.25, 0.3) is 0 Å². The van der Waals surface area contributed by atoms with Crippen LogP contribution in [0.25, 0.3) is 0 Å². The molecule has 3 nitrogen and oxygen atoms in total. The van der Waals surface area contributed by atoms with Gasteiger partial charge in [0.15, 0.2) is 0 Å². The number of nitrogens with zero attached hydrogens (tertiary/aromatic N) is 1. The van der Waals surface area contributed by atoms with Crippen LogP contribution in [0.4, 0.5) is 10.5 Å². The van der Waals surface area contributed by atoms with Crippen LogP contribution in [0.15, 0.2) is 18.2 Å². The van der Waals surface area contributed by atoms with Crippen LogP contribution in [-0.2, 0) is 0 Å². The van der Waals surface area contributed by atoms with Crippen LogP contribution in [0.5, 0.6) is 0 Å². The van der Waals surface area contributed by atoms with Crippen molar-refractivity contribution >= 4 is 23.3 Å². The van der Waals surface area contributed by atoms with Crippen molar-refractivity contribution in [1.29, 1.82) is 0 Å². The van der Waals surface area contributed by atoms with Gasteiger partial charge in [-0.1, -0.05) is 30.5 Å². The van der Waals surface area contributed by atoms with Crippen molar-refractivity contribution in [3.8, 4) is 0 Å². The molecule has 2 fully saturated rings. The highest BCUT2D eigenvalue weighted by Crippen LogP contribution is 2.35. The van der Waals surface area contributed by atoms with Crippen molar-refractivity contribution in [3.63, 3.8) is 0 Å². The number of likely N-dealkylation sites (tertiary alicyclic amines) is 1. The van der Waals surface area contributed by atoms with Crippen molar-refractivity contribution in [2.45, 2.75) is 51.5 Å². The van der Waals surface area contributed by atoms with Gasteiger partial charge in [-0.3, -0.25) is 0 Å². The van der Waals surface area contributed by atoms with Crippen molar-refractivity contribution < 1.29 is 4.79 Å². The second kappa shape index (κ2) is 6.27. The van der Waals surface area contributed by atoms with Crippen LogP contribution in [0.3, 0.4) is 0 Å². The Morgan fingerprint density at radius 3 is 2.81 bits per heavy atom. The molecule has 3 rings (SSSR count). The van der Waals surface area contributed by atoms with E-state index in [2.05, 4.69) is 10.2 Å². The van der Waals surface area contributed by atoms with Crippen LogP contribution in [-0.4, -0.2) is 23.5 Å². The summed E-state index contributed by atoms with van der Waals surface area (Å²) in [5.74, 6) is 0.708. The number of benzene rings is 1. The summed E-state index contributed by atoms with van der Waals surface area (Å²) in [5.41, 5.74) is 1.81. The third kappa shape index (κ3) is 3.18. The number of urea groups is 1. The molecule has 2 amide bonds. The van der Waals surface area contributed by atoms with E-state index in [1.54, 1.807) is 0 Å². The minimum Gasteiger partial charge on any atom is -0.321 e. The lowest BCUT2D eigenvalue weighted by Crippen LogP contribution is -2.51. The molecule has 0 unspecified atom stereocenters. The maximum Gasteiger partial charge on any atom is 0.322 e. The largest absolute Gasteiger partial charge is 0.322 e. The third-order valence-corrected chi connectivity index (χ3v) is 5.33. The number of halogens is 1. The number of hydrogen-bond acceptors (Lipinski definition) is 1. The van der Waals surface area contributed by atoms with Gasteiger partial charge in [-0.05, 0) is 56.2 Å². The second-order valence-electron chi connectivity index (χ2n) is 6.34. The summed E-state index contributed by atoms with van der Waals surface area (Å²) in [6, 6.07) is 6.16. The highest BCUT2D eigenvalue weighted by Gasteiger charge is 2.35. The van der Waals surface area contributed by atoms with Crippen LogP contribution in [0.2, 0.25) is 5.02 Å². The number of amides is 2. The molecule has 1 aromatic carbocycles. The quantitative estimate of drug-likeness (QED) is 0.791. The first-order chi connectivity index (χ1) is 10.1. The average Bonchev–Trinajstić information content (AvgIpc) is 2.50. The van der Waals surface area contributed by atoms with E-state index in [0.717, 1.165) is 30.6 Å². The molecule has 1 aliphatic carbocycles. The summed E-state index contributed by atoms with van der Waals surface area (Å²) in [4.78, 5) is 14.6. The van der Waals surface area contributed by atoms with Crippen molar-refractivity contribution in [2.24, 2.45) is 5.92 Å². The Hall–Kier alpha value is -1.22. The van der Waals surface area contributed by atoms with Gasteiger partial charge in [0.05, 0.1) is 0 Å². The number of piperidine rings is 1. The molecule has 114 valence electrons. The topological polar surface area (TPSA) is 32.3 Å². The lowest BCUT2D eigenvalue weighted by atomic mass is 9.78. The molecular weight excluding hydrogens is 284 g/mol. The SMILES string of the molecule is Cc1ccc(NC(=O)N2CCC[C@@H]3CCCC[C@H]32)cc1Cl. The first-order valence-corrected chi connectivity index (χ1v) is 8.37. The Morgan fingerprint density at radius 2 is 2.00 bits per heavy atom. The van der Waals surface area contributed by atoms with E-state index in [4.69, 9.17) is 11.6 Å². The van der Waals surface area contributed by atoms with Crippen molar-refractivity contribution in [3.05, 3.63) is 28.8 Å². The Balaban J connectivity index is 1.70. The van der Waals surface area contributed by atoms with E-state index in [1.807, 2.05) is 25.1 Å². The van der Waals surface area contributed by atoms with E-state index < -0.39 is 0 Å². The van der Waals surface area contributed by atoms with E-state index in [0.29, 0.717) is 17.0 Å². The van der Waals surface area contributed by atoms with E-state index in [1.165, 1.54) is 25.7 Å². The summed E-state index contributed by atoms with van der Waals surface area (Å²) in [7, 11) is 0. The zero-order valence-corrected chi connectivity index (χ0v) is 13.3. The minimum absolute atomic E-state index is 0.0338. The number of aryl methyl sites for hydroxylation is 1. The maximum absolute atomic E-state index is 12.6. The summed E-state index contributed by atoms with van der Waals surface area (Å²) in [6.07, 6.45) is 7.43. The van der Waals surface area contributed by atoms with Gasteiger partial charge in [-0.25, -0.2) is 4.79 Å². The number of hydrogen-bond donors (Lipinski definition) is 1. The third-order valence-electron chi connectivity index (χ3n) is 4.93. The maximum atomic E-state index is 12.6. The zero-order valence-electron chi connectivity index (χ0n) is 12.6. The molecule has 1 saturated carbocycles. The lowest BCUT2D eigenvalue weighted by Gasteiger charge is -2.44. The van der Waals surface area contributed by atoms with Gasteiger partial charge in [0, 0.05) is 23.3 Å². The van der Waals surface area contributed by atoms with Crippen LogP contribution >= 0.6 is 11.6 Å². The van der Waals surface area contributed by atoms with Crippen LogP contribution in [0.1, 0.15) is 44.1 Å². The molecule has 0 spiro atoms. The predicted octanol–water partition coefficient (Wildman–Crippen LogP) is 4.83. The van der Waals surface area contributed by atoms with Gasteiger partial charge in [0.2, 0.25) is 0 Å². The summed E-state index contributed by atoms with van der Waals surface area (Å²) in [6.45, 7) is 2.85. The first kappa shape index (κ1) is 14.7. The lowest BCUT2D eigenvalue weighted by molar-refractivity contribution is 0.0909. The molecule has 1 heterocycles. The molecule has 21 heavy (non-hydrogen) atoms. The highest BCUT2D eigenvalue weighted by atomic mass is 35.5. The minimum atomic E-state index is 0.0338. The smallest absolute Gasteiger partial charge is 0.321 e. The van der Waals surface area contributed by atoms with Crippen LogP contribution in [0, 0.1) is 12.8 Å². The number of nitrogens with one attached hydrogen (secondary N) is 1. The van der Waals surface area contributed by atoms with Gasteiger partial charge < -0.3 is 10.2 Å². The fourth-order valence-corrected chi connectivity index (χ4v) is 3.92. The van der Waals surface area contributed by atoms with Gasteiger partial charge in [-0.2, -0.15) is 0 Å². The Kier molecular flexibility index (Phi) is 4.39. The van der Waals surface area contributed by atoms with Gasteiger partial charge in [0.1, 0.15) is 0 Å². The molecule has 0 bridgehead atoms. The molecule has 2 atom stereocenters. The summed E-state index contributed by atoms with van der Waals surface area (Å²) < 4.78 is 0. The number of carbonyl (C=O) groups is 1. The predicted molar refractivity (Wildman–Crippen MR) is 86.9 cm³/mol. The number of rotatable bonds is 1. The standard InChI is InChI=1S/C17H23ClN2O/c1-12-8-9-14(11-15(12)18)19-17(21)20-10-4-6-13-5-2-3-7-16(13)20/h8-9,11,13,16H,2-7,10H2,1H3,(H,19,21)/t13-,16+/m0/s1. The first-order valence-electron chi connectivity index (χ1n) is 7.99. The van der Waals surface area contributed by atoms with Gasteiger partial charge in [-0.15, -0.1) is 0 Å². The molecule has 0 radical (unpaired) electrons. The Morgan fingerprint density at radius 1 is 1.24 bits per heavy atom. The van der Waals surface area contributed by atoms with Crippen molar-refractivity contribution in [1.82, 2.24) is 4.90 Å². The number of anilines is 1. The second-order valence-corrected chi connectivity index (χ2v) is 6.75. The highest BCUT2D eigenvalue weighted by molar-refractivity contribution is 6.31.